The van der Waals surface area contributed by atoms with Crippen LogP contribution in [0.25, 0.3) is 152 Å². The molecule has 28 heteroatoms. The molecule has 114 heavy (non-hydrogen) atoms. The summed E-state index contributed by atoms with van der Waals surface area (Å²) in [4.78, 5) is 59.9. The van der Waals surface area contributed by atoms with E-state index in [1.54, 1.807) is 49.0 Å². The van der Waals surface area contributed by atoms with Gasteiger partial charge in [-0.3, -0.25) is 9.59 Å². The summed E-state index contributed by atoms with van der Waals surface area (Å²) in [5.41, 5.74) is 15.8. The molecule has 7 aliphatic rings. The number of ether oxygens (including phenoxy) is 2. The van der Waals surface area contributed by atoms with Gasteiger partial charge in [0.15, 0.2) is 11.6 Å². The number of nitriles is 4. The summed E-state index contributed by atoms with van der Waals surface area (Å²) < 4.78 is 37.9. The Balaban J connectivity index is 0.590. The van der Waals surface area contributed by atoms with Crippen LogP contribution in [0.4, 0.5) is 22.7 Å². The molecular weight excluding hydrogens is 1650 g/mol. The molecule has 0 radical (unpaired) electrons. The Morgan fingerprint density at radius 3 is 1.18 bits per heavy atom. The van der Waals surface area contributed by atoms with Gasteiger partial charge in [-0.2, -0.15) is 48.2 Å². The van der Waals surface area contributed by atoms with Crippen LogP contribution in [-0.4, -0.2) is 34.5 Å². The Kier molecular flexibility index (Phi) is 14.9. The van der Waals surface area contributed by atoms with Crippen molar-refractivity contribution >= 4 is 224 Å². The number of aromatic nitrogens is 2. The number of fused-ring (bicyclic) bond motifs is 22. The molecule has 16 nitrogen and oxygen atoms in total. The standard InChI is InChI=1S/C86H42N12O4S12/c1-83(2)42-23-50(105-68(42)74-58(83)78-80(109-74)60-76(111-78)70-44(85(60,5)6)25-52(107-70)72-48(101-13)19-34(103-72)17-40-54(33(29-89)30-90)36-15-31(27-87)47(92-10)22-39(36)67(40)100)56-62-64(97-113-95-62)57(65-63(56)96-114-98-65)51-24-43-69(106-51)75-59(84(43,3)4)79-81(110-75)61-77(112-79)71-45(86(61,7)8)26-53(108-71)73-49(102-14)20-35(104-73)18-41-55(82(93-11)94-12)37-21-46(91-9)32(28-88)16-38(37)66(41)99/h15-26H,1-8,13-14H3/b40-17-,41-18-. The van der Waals surface area contributed by atoms with Gasteiger partial charge in [0.2, 0.25) is 11.4 Å². The molecule has 0 amide bonds. The molecule has 0 N–H and O–H groups in total. The lowest BCUT2D eigenvalue weighted by atomic mass is 9.81. The summed E-state index contributed by atoms with van der Waals surface area (Å²) in [6.45, 7) is 49.8. The van der Waals surface area contributed by atoms with Crippen LogP contribution in [0.3, 0.4) is 0 Å². The van der Waals surface area contributed by atoms with Crippen molar-refractivity contribution in [1.29, 1.82) is 21.0 Å². The number of benzene rings is 3. The fourth-order valence-corrected chi connectivity index (χ4v) is 34.1. The summed E-state index contributed by atoms with van der Waals surface area (Å²) in [5.74, 6) is 0.104. The van der Waals surface area contributed by atoms with E-state index in [1.807, 2.05) is 104 Å². The van der Waals surface area contributed by atoms with Crippen LogP contribution in [0.5, 0.6) is 11.5 Å². The van der Waals surface area contributed by atoms with E-state index in [0.717, 1.165) is 62.8 Å². The Morgan fingerprint density at radius 2 is 0.798 bits per heavy atom. The maximum absolute atomic E-state index is 14.2. The number of carbonyl (C=O) groups is 2. The van der Waals surface area contributed by atoms with Crippen molar-refractivity contribution < 1.29 is 19.1 Å². The van der Waals surface area contributed by atoms with Gasteiger partial charge < -0.3 is 9.47 Å². The summed E-state index contributed by atoms with van der Waals surface area (Å²) in [6, 6.07) is 26.6. The molecule has 0 spiro atoms. The third kappa shape index (κ3) is 9.03. The summed E-state index contributed by atoms with van der Waals surface area (Å²) in [7, 11) is 3.25. The Labute approximate surface area is 697 Å². The Bertz CT molecular complexity index is 7250. The second kappa shape index (κ2) is 24.1. The highest BCUT2D eigenvalue weighted by atomic mass is 32.1. The fraction of sp³-hybridized carbons (Fsp3) is 0.163. The van der Waals surface area contributed by atoms with Gasteiger partial charge in [-0.1, -0.05) is 55.4 Å². The van der Waals surface area contributed by atoms with Crippen LogP contribution in [0.15, 0.2) is 91.9 Å². The van der Waals surface area contributed by atoms with Crippen LogP contribution in [-0.2, 0) is 33.0 Å². The van der Waals surface area contributed by atoms with Gasteiger partial charge in [-0.05, 0) is 128 Å². The predicted molar refractivity (Wildman–Crippen MR) is 466 cm³/mol. The van der Waals surface area contributed by atoms with Gasteiger partial charge in [-0.25, -0.2) is 9.69 Å². The quantitative estimate of drug-likeness (QED) is 0.0796. The van der Waals surface area contributed by atoms with Crippen LogP contribution >= 0.6 is 125 Å². The molecule has 11 aromatic heterocycles. The molecule has 542 valence electrons. The summed E-state index contributed by atoms with van der Waals surface area (Å²) in [5, 5.41) is 39.9. The summed E-state index contributed by atoms with van der Waals surface area (Å²) in [6.07, 6.45) is 3.38. The number of Topliss-reactive ketones (excluding diaryl/α,β-unsaturated/α-hetero) is 2. The van der Waals surface area contributed by atoms with Gasteiger partial charge in [0.05, 0.1) is 127 Å². The highest BCUT2D eigenvalue weighted by Gasteiger charge is 2.51. The highest BCUT2D eigenvalue weighted by molar-refractivity contribution is 7.58. The third-order valence-corrected chi connectivity index (χ3v) is 36.9. The van der Waals surface area contributed by atoms with Crippen molar-refractivity contribution in [2.45, 2.75) is 77.0 Å². The molecule has 12 heterocycles. The molecule has 0 saturated heterocycles. The van der Waals surface area contributed by atoms with Crippen molar-refractivity contribution in [1.82, 2.24) is 8.75 Å². The Morgan fingerprint density at radius 1 is 0.439 bits per heavy atom. The fourth-order valence-electron chi connectivity index (χ4n) is 17.7. The summed E-state index contributed by atoms with van der Waals surface area (Å²) >= 11 is 20.0. The number of rotatable bonds is 8. The first kappa shape index (κ1) is 70.5. The molecule has 21 rings (SSSR count). The number of thiophene rings is 10. The molecule has 0 unspecified atom stereocenters. The lowest BCUT2D eigenvalue weighted by Crippen LogP contribution is -2.15. The average Bonchev–Trinajstić information content (AvgIpc) is 1.51. The monoisotopic (exact) mass is 1690 g/mol. The van der Waals surface area contributed by atoms with Gasteiger partial charge in [-0.15, -0.1) is 113 Å². The van der Waals surface area contributed by atoms with Crippen LogP contribution in [0.1, 0.15) is 153 Å². The van der Waals surface area contributed by atoms with Crippen molar-refractivity contribution in [2.24, 2.45) is 8.73 Å². The zero-order valence-corrected chi connectivity index (χ0v) is 70.6. The number of nitrogens with zero attached hydrogens (tertiary/aromatic N) is 12. The molecule has 1 aliphatic heterocycles. The minimum Gasteiger partial charge on any atom is -0.495 e. The molecule has 0 bridgehead atoms. The van der Waals surface area contributed by atoms with Crippen molar-refractivity contribution in [3.8, 4) is 115 Å². The third-order valence-electron chi connectivity index (χ3n) is 23.0. The lowest BCUT2D eigenvalue weighted by molar-refractivity contribution is 0.103. The first-order valence-electron chi connectivity index (χ1n) is 35.0. The molecule has 3 aromatic carbocycles. The van der Waals surface area contributed by atoms with Crippen molar-refractivity contribution in [3.63, 3.8) is 0 Å². The maximum Gasteiger partial charge on any atom is 0.527 e. The lowest BCUT2D eigenvalue weighted by Gasteiger charge is -2.21. The van der Waals surface area contributed by atoms with Crippen LogP contribution in [0, 0.1) is 71.6 Å². The molecule has 0 atom stereocenters. The van der Waals surface area contributed by atoms with Crippen molar-refractivity contribution in [2.75, 3.05) is 14.2 Å². The van der Waals surface area contributed by atoms with Crippen LogP contribution < -0.4 is 9.47 Å². The SMILES string of the molecule is [C-]#[N+]C([N+]#[C-])=C1/C(=C/c2cc(OC)c(-c3cc4c(s3)-c3sc5c6c(sc5c3C4(C)C)-c3sc(-c4c5c(c(-c7cc8c(s7)-c7sc9c%10c(sc9c7C8(C)C)-c7sc(-c8sc(/C=C9\C(=O)c%11cc([N+]#[C-])c(C#N)cc%11C9=C(C#N)C#N)cc8OC)cc7C%10(C)C)c7nsnc47)N=S=N5)cc3C6(C)C)s2)C(=O)c2cc(C#N)c([N+]#[C-])cc21. The normalized spacial score (nSPS) is 16.3. The van der Waals surface area contributed by atoms with E-state index in [0.29, 0.717) is 26.8 Å². The van der Waals surface area contributed by atoms with Gasteiger partial charge >= 0.3 is 5.82 Å². The van der Waals surface area contributed by atoms with E-state index >= 15 is 0 Å². The van der Waals surface area contributed by atoms with Gasteiger partial charge in [0.1, 0.15) is 64.8 Å². The number of carbonyl (C=O) groups excluding carboxylic acids is 2. The number of hydrogen-bond acceptors (Lipinski definition) is 23. The number of ketones is 2. The first-order valence-corrected chi connectivity index (χ1v) is 44.6. The molecule has 0 fully saturated rings. The first-order chi connectivity index (χ1) is 54.9. The second-order valence-electron chi connectivity index (χ2n) is 30.2. The largest absolute Gasteiger partial charge is 0.527 e. The minimum atomic E-state index is -0.437. The minimum absolute atomic E-state index is 0.0224. The molecule has 0 saturated carbocycles. The number of hydrogen-bond donors (Lipinski definition) is 0. The van der Waals surface area contributed by atoms with E-state index in [4.69, 9.17) is 53.2 Å². The van der Waals surface area contributed by atoms with E-state index in [2.05, 4.69) is 99.0 Å². The highest BCUT2D eigenvalue weighted by Crippen LogP contribution is 2.71. The van der Waals surface area contributed by atoms with Crippen molar-refractivity contribution in [3.05, 3.63) is 217 Å². The number of allylic oxidation sites excluding steroid dienone is 5. The second-order valence-corrected chi connectivity index (χ2v) is 41.7. The molecule has 14 aromatic rings. The smallest absolute Gasteiger partial charge is 0.495 e. The molecular formula is C86H42N12O4S12. The predicted octanol–water partition coefficient (Wildman–Crippen LogP) is 27.0. The Hall–Kier alpha value is -11.4. The van der Waals surface area contributed by atoms with E-state index in [9.17, 15) is 30.6 Å². The average molecular weight is 1690 g/mol. The van der Waals surface area contributed by atoms with Crippen LogP contribution in [0.2, 0.25) is 0 Å². The number of methoxy groups -OCH3 is 2. The van der Waals surface area contributed by atoms with E-state index in [-0.39, 0.29) is 94.5 Å². The topological polar surface area (TPSA) is 216 Å². The van der Waals surface area contributed by atoms with Gasteiger partial charge in [0, 0.05) is 109 Å². The molecule has 6 aliphatic carbocycles. The van der Waals surface area contributed by atoms with E-state index < -0.39 is 11.6 Å². The zero-order valence-electron chi connectivity index (χ0n) is 60.8. The zero-order chi connectivity index (χ0) is 78.9. The van der Waals surface area contributed by atoms with Gasteiger partial charge in [0.25, 0.3) is 0 Å². The van der Waals surface area contributed by atoms with E-state index in [1.165, 1.54) is 172 Å². The maximum atomic E-state index is 14.2.